The number of carboxylic acid groups (broad SMARTS) is 1. The first-order valence-corrected chi connectivity index (χ1v) is 7.04. The SMILES string of the molecule is O=C(NC(=S)Nc1ccc(Cl)c(C(=O)[O-])c1)c1cccc(F)c1. The standard InChI is InChI=1S/C15H10ClFN2O3S/c16-12-5-4-10(7-11(12)14(21)22)18-15(23)19-13(20)8-2-1-3-9(17)6-8/h1-7H,(H,21,22)(H2,18,19,20,23)/p-1. The van der Waals surface area contributed by atoms with Crippen LogP contribution in [0.3, 0.4) is 0 Å². The summed E-state index contributed by atoms with van der Waals surface area (Å²) in [5.74, 6) is -2.59. The van der Waals surface area contributed by atoms with Crippen LogP contribution in [0.2, 0.25) is 5.02 Å². The quantitative estimate of drug-likeness (QED) is 0.826. The van der Waals surface area contributed by atoms with Crippen molar-refractivity contribution in [1.29, 1.82) is 0 Å². The maximum absolute atomic E-state index is 13.1. The Hall–Kier alpha value is -2.51. The summed E-state index contributed by atoms with van der Waals surface area (Å²) >= 11 is 10.7. The number of amides is 1. The maximum Gasteiger partial charge on any atom is 0.257 e. The Balaban J connectivity index is 2.06. The number of rotatable bonds is 3. The third-order valence-electron chi connectivity index (χ3n) is 2.76. The lowest BCUT2D eigenvalue weighted by Gasteiger charge is -2.12. The molecule has 23 heavy (non-hydrogen) atoms. The average Bonchev–Trinajstić information content (AvgIpc) is 2.48. The van der Waals surface area contributed by atoms with Crippen molar-refractivity contribution in [2.45, 2.75) is 0 Å². The fourth-order valence-electron chi connectivity index (χ4n) is 1.73. The van der Waals surface area contributed by atoms with Gasteiger partial charge in [0.2, 0.25) is 0 Å². The van der Waals surface area contributed by atoms with Crippen LogP contribution in [-0.4, -0.2) is 17.0 Å². The molecule has 0 aliphatic heterocycles. The lowest BCUT2D eigenvalue weighted by atomic mass is 10.2. The minimum atomic E-state index is -1.44. The Bertz CT molecular complexity index is 798. The van der Waals surface area contributed by atoms with E-state index in [2.05, 4.69) is 10.6 Å². The fourth-order valence-corrected chi connectivity index (χ4v) is 2.13. The van der Waals surface area contributed by atoms with Crippen molar-refractivity contribution in [3.05, 3.63) is 64.4 Å². The van der Waals surface area contributed by atoms with Crippen LogP contribution in [0.4, 0.5) is 10.1 Å². The largest absolute Gasteiger partial charge is 0.545 e. The molecule has 0 unspecified atom stereocenters. The molecule has 5 nitrogen and oxygen atoms in total. The number of carbonyl (C=O) groups excluding carboxylic acids is 2. The Morgan fingerprint density at radius 3 is 2.57 bits per heavy atom. The zero-order chi connectivity index (χ0) is 17.0. The lowest BCUT2D eigenvalue weighted by molar-refractivity contribution is -0.255. The number of hydrogen-bond acceptors (Lipinski definition) is 4. The highest BCUT2D eigenvalue weighted by Gasteiger charge is 2.10. The molecule has 1 amide bonds. The number of nitrogens with one attached hydrogen (secondary N) is 2. The molecule has 8 heteroatoms. The number of benzene rings is 2. The molecule has 2 aromatic carbocycles. The molecular formula is C15H9ClFN2O3S-. The van der Waals surface area contributed by atoms with E-state index in [0.29, 0.717) is 5.69 Å². The molecule has 0 radical (unpaired) electrons. The summed E-state index contributed by atoms with van der Waals surface area (Å²) < 4.78 is 13.1. The third-order valence-corrected chi connectivity index (χ3v) is 3.29. The lowest BCUT2D eigenvalue weighted by Crippen LogP contribution is -2.34. The first-order chi connectivity index (χ1) is 10.9. The van der Waals surface area contributed by atoms with Crippen molar-refractivity contribution in [2.75, 3.05) is 5.32 Å². The van der Waals surface area contributed by atoms with Crippen molar-refractivity contribution in [2.24, 2.45) is 0 Å². The van der Waals surface area contributed by atoms with Crippen molar-refractivity contribution in [3.8, 4) is 0 Å². The predicted octanol–water partition coefficient (Wildman–Crippen LogP) is 1.97. The molecule has 0 spiro atoms. The monoisotopic (exact) mass is 351 g/mol. The summed E-state index contributed by atoms with van der Waals surface area (Å²) in [6, 6.07) is 9.15. The van der Waals surface area contributed by atoms with Gasteiger partial charge in [0.25, 0.3) is 5.91 Å². The van der Waals surface area contributed by atoms with Gasteiger partial charge in [-0.05, 0) is 48.6 Å². The number of carboxylic acids is 1. The molecule has 0 saturated carbocycles. The Morgan fingerprint density at radius 1 is 1.17 bits per heavy atom. The molecular weight excluding hydrogens is 343 g/mol. The van der Waals surface area contributed by atoms with E-state index >= 15 is 0 Å². The van der Waals surface area contributed by atoms with E-state index in [0.717, 1.165) is 6.07 Å². The molecule has 0 aliphatic rings. The number of thiocarbonyl (C=S) groups is 1. The van der Waals surface area contributed by atoms with E-state index in [4.69, 9.17) is 23.8 Å². The number of anilines is 1. The highest BCUT2D eigenvalue weighted by molar-refractivity contribution is 7.80. The van der Waals surface area contributed by atoms with Crippen LogP contribution in [0.5, 0.6) is 0 Å². The molecule has 2 N–H and O–H groups in total. The van der Waals surface area contributed by atoms with E-state index in [-0.39, 0.29) is 21.3 Å². The smallest absolute Gasteiger partial charge is 0.257 e. The molecule has 2 aromatic rings. The Morgan fingerprint density at radius 2 is 1.91 bits per heavy atom. The number of hydrogen-bond donors (Lipinski definition) is 2. The molecule has 0 heterocycles. The number of aromatic carboxylic acids is 1. The van der Waals surface area contributed by atoms with Crippen molar-refractivity contribution in [3.63, 3.8) is 0 Å². The molecule has 0 fully saturated rings. The van der Waals surface area contributed by atoms with E-state index in [1.165, 1.54) is 36.4 Å². The van der Waals surface area contributed by atoms with Gasteiger partial charge < -0.3 is 15.2 Å². The molecule has 0 atom stereocenters. The molecule has 0 aliphatic carbocycles. The van der Waals surface area contributed by atoms with Gasteiger partial charge in [-0.1, -0.05) is 17.7 Å². The van der Waals surface area contributed by atoms with E-state index in [1.54, 1.807) is 0 Å². The van der Waals surface area contributed by atoms with E-state index < -0.39 is 17.7 Å². The summed E-state index contributed by atoms with van der Waals surface area (Å²) in [4.78, 5) is 22.8. The zero-order valence-corrected chi connectivity index (χ0v) is 13.0. The van der Waals surface area contributed by atoms with Crippen LogP contribution >= 0.6 is 23.8 Å². The van der Waals surface area contributed by atoms with Crippen LogP contribution < -0.4 is 15.7 Å². The summed E-state index contributed by atoms with van der Waals surface area (Å²) in [6.07, 6.45) is 0. The van der Waals surface area contributed by atoms with Crippen LogP contribution in [0.25, 0.3) is 0 Å². The third kappa shape index (κ3) is 4.48. The second-order valence-electron chi connectivity index (χ2n) is 4.40. The van der Waals surface area contributed by atoms with Gasteiger partial charge in [-0.2, -0.15) is 0 Å². The topological polar surface area (TPSA) is 81.3 Å². The molecule has 0 aromatic heterocycles. The second kappa shape index (κ2) is 7.17. The highest BCUT2D eigenvalue weighted by Crippen LogP contribution is 2.20. The van der Waals surface area contributed by atoms with Gasteiger partial charge in [0.05, 0.1) is 5.97 Å². The second-order valence-corrected chi connectivity index (χ2v) is 5.22. The van der Waals surface area contributed by atoms with Gasteiger partial charge in [-0.25, -0.2) is 4.39 Å². The van der Waals surface area contributed by atoms with Gasteiger partial charge in [0, 0.05) is 21.8 Å². The number of halogens is 2. The van der Waals surface area contributed by atoms with E-state index in [1.807, 2.05) is 0 Å². The van der Waals surface area contributed by atoms with Gasteiger partial charge in [-0.3, -0.25) is 10.1 Å². The minimum absolute atomic E-state index is 0.0188. The van der Waals surface area contributed by atoms with Gasteiger partial charge in [0.1, 0.15) is 5.82 Å². The summed E-state index contributed by atoms with van der Waals surface area (Å²) in [5.41, 5.74) is 0.190. The average molecular weight is 352 g/mol. The predicted molar refractivity (Wildman–Crippen MR) is 85.9 cm³/mol. The first kappa shape index (κ1) is 16.9. The van der Waals surface area contributed by atoms with Crippen LogP contribution in [-0.2, 0) is 0 Å². The van der Waals surface area contributed by atoms with Crippen molar-refractivity contribution >= 4 is 46.5 Å². The zero-order valence-electron chi connectivity index (χ0n) is 11.4. The van der Waals surface area contributed by atoms with Crippen molar-refractivity contribution in [1.82, 2.24) is 5.32 Å². The van der Waals surface area contributed by atoms with Gasteiger partial charge in [0.15, 0.2) is 5.11 Å². The summed E-state index contributed by atoms with van der Waals surface area (Å²) in [5, 5.41) is 15.8. The maximum atomic E-state index is 13.1. The van der Waals surface area contributed by atoms with Crippen molar-refractivity contribution < 1.29 is 19.1 Å². The first-order valence-electron chi connectivity index (χ1n) is 6.25. The van der Waals surface area contributed by atoms with Gasteiger partial charge in [-0.15, -0.1) is 0 Å². The molecule has 0 bridgehead atoms. The Labute approximate surface area is 141 Å². The number of carbonyl (C=O) groups is 2. The molecule has 2 rings (SSSR count). The summed E-state index contributed by atoms with van der Waals surface area (Å²) in [7, 11) is 0. The summed E-state index contributed by atoms with van der Waals surface area (Å²) in [6.45, 7) is 0. The normalized spacial score (nSPS) is 10.0. The van der Waals surface area contributed by atoms with Gasteiger partial charge >= 0.3 is 0 Å². The molecule has 0 saturated heterocycles. The van der Waals surface area contributed by atoms with Crippen LogP contribution in [0.15, 0.2) is 42.5 Å². The van der Waals surface area contributed by atoms with E-state index in [9.17, 15) is 19.1 Å². The Kier molecular flexibility index (Phi) is 5.25. The minimum Gasteiger partial charge on any atom is -0.545 e. The fraction of sp³-hybridized carbons (Fsp3) is 0. The highest BCUT2D eigenvalue weighted by atomic mass is 35.5. The molecule has 118 valence electrons. The van der Waals surface area contributed by atoms with Crippen LogP contribution in [0.1, 0.15) is 20.7 Å². The van der Waals surface area contributed by atoms with Crippen LogP contribution in [0, 0.1) is 5.82 Å².